The number of hydrogen-bond acceptors (Lipinski definition) is 4. The molecule has 2 aliphatic heterocycles. The molecule has 156 valence electrons. The van der Waals surface area contributed by atoms with Gasteiger partial charge in [-0.1, -0.05) is 26.8 Å². The largest absolute Gasteiger partial charge is 0.490 e. The number of amides is 1. The number of fused-ring (bicyclic) bond motifs is 2. The second kappa shape index (κ2) is 9.35. The highest BCUT2D eigenvalue weighted by Crippen LogP contribution is 2.37. The van der Waals surface area contributed by atoms with E-state index < -0.39 is 5.60 Å². The molecule has 0 saturated carbocycles. The molecule has 0 radical (unpaired) electrons. The zero-order valence-corrected chi connectivity index (χ0v) is 18.4. The Morgan fingerprint density at radius 1 is 1.14 bits per heavy atom. The Bertz CT molecular complexity index is 707. The minimum atomic E-state index is -0.467. The maximum atomic E-state index is 12.4. The Hall–Kier alpha value is -2.17. The fraction of sp³-hybridized carbons (Fsp3) is 0.609. The first kappa shape index (κ1) is 22.1. The van der Waals surface area contributed by atoms with Gasteiger partial charge >= 0.3 is 6.09 Å². The molecule has 2 aliphatic rings. The van der Waals surface area contributed by atoms with E-state index in [9.17, 15) is 4.79 Å². The van der Waals surface area contributed by atoms with Crippen molar-refractivity contribution in [3.05, 3.63) is 35.5 Å². The number of ether oxygens (including phenoxy) is 2. The van der Waals surface area contributed by atoms with Gasteiger partial charge in [0.2, 0.25) is 0 Å². The first-order valence-electron chi connectivity index (χ1n) is 10.4. The van der Waals surface area contributed by atoms with Crippen LogP contribution in [0.4, 0.5) is 10.5 Å². The van der Waals surface area contributed by atoms with Crippen LogP contribution >= 0.6 is 0 Å². The summed E-state index contributed by atoms with van der Waals surface area (Å²) in [6.45, 7) is 18.9. The lowest BCUT2D eigenvalue weighted by molar-refractivity contribution is 0.0258. The van der Waals surface area contributed by atoms with Crippen molar-refractivity contribution < 1.29 is 14.3 Å². The van der Waals surface area contributed by atoms with Crippen LogP contribution in [0.5, 0.6) is 5.75 Å². The summed E-state index contributed by atoms with van der Waals surface area (Å²) in [5, 5.41) is 0. The van der Waals surface area contributed by atoms with E-state index in [1.165, 1.54) is 17.5 Å². The molecule has 5 nitrogen and oxygen atoms in total. The van der Waals surface area contributed by atoms with Crippen molar-refractivity contribution in [3.63, 3.8) is 0 Å². The summed E-state index contributed by atoms with van der Waals surface area (Å²) >= 11 is 0. The number of benzene rings is 1. The summed E-state index contributed by atoms with van der Waals surface area (Å²) in [6.07, 6.45) is 2.66. The Morgan fingerprint density at radius 3 is 2.25 bits per heavy atom. The van der Waals surface area contributed by atoms with Gasteiger partial charge in [-0.15, -0.1) is 0 Å². The molecule has 3 rings (SSSR count). The molecule has 0 fully saturated rings. The summed E-state index contributed by atoms with van der Waals surface area (Å²) in [5.41, 5.74) is 4.18. The van der Waals surface area contributed by atoms with Gasteiger partial charge in [0.15, 0.2) is 0 Å². The van der Waals surface area contributed by atoms with E-state index >= 15 is 0 Å². The maximum Gasteiger partial charge on any atom is 0.410 e. The predicted molar refractivity (Wildman–Crippen MR) is 115 cm³/mol. The topological polar surface area (TPSA) is 42.0 Å². The number of rotatable bonds is 1. The molecule has 0 unspecified atom stereocenters. The monoisotopic (exact) mass is 388 g/mol. The number of anilines is 1. The second-order valence-corrected chi connectivity index (χ2v) is 8.50. The van der Waals surface area contributed by atoms with Crippen LogP contribution in [0.2, 0.25) is 0 Å². The number of hydrogen-bond donors (Lipinski definition) is 0. The molecule has 0 atom stereocenters. The van der Waals surface area contributed by atoms with Crippen molar-refractivity contribution in [1.29, 1.82) is 0 Å². The van der Waals surface area contributed by atoms with Crippen LogP contribution in [-0.4, -0.2) is 42.8 Å². The minimum Gasteiger partial charge on any atom is -0.490 e. The molecule has 5 heteroatoms. The first-order valence-corrected chi connectivity index (χ1v) is 10.4. The van der Waals surface area contributed by atoms with E-state index in [-0.39, 0.29) is 6.09 Å². The van der Waals surface area contributed by atoms with E-state index in [1.54, 1.807) is 0 Å². The van der Waals surface area contributed by atoms with Crippen molar-refractivity contribution in [2.24, 2.45) is 0 Å². The van der Waals surface area contributed by atoms with Crippen LogP contribution in [0.1, 0.15) is 59.1 Å². The van der Waals surface area contributed by atoms with Gasteiger partial charge in [-0.2, -0.15) is 0 Å². The summed E-state index contributed by atoms with van der Waals surface area (Å²) in [4.78, 5) is 16.4. The minimum absolute atomic E-state index is 0.232. The molecule has 1 aromatic rings. The van der Waals surface area contributed by atoms with Gasteiger partial charge in [-0.05, 0) is 63.8 Å². The zero-order chi connectivity index (χ0) is 20.9. The molecule has 0 bridgehead atoms. The van der Waals surface area contributed by atoms with Gasteiger partial charge in [0.1, 0.15) is 18.0 Å². The normalized spacial score (nSPS) is 15.9. The van der Waals surface area contributed by atoms with Crippen LogP contribution in [0.15, 0.2) is 24.4 Å². The maximum absolute atomic E-state index is 12.4. The Balaban J connectivity index is 0.000000878. The van der Waals surface area contributed by atoms with Gasteiger partial charge in [0, 0.05) is 18.8 Å². The Morgan fingerprint density at radius 2 is 1.71 bits per heavy atom. The standard InChI is InChI=1S/C20H28N2O3.C3H8/c1-14(2)22-10-11-24-18-13-16-7-9-21(19(23)25-20(3,4)5)8-6-15(16)12-17(18)22;1-3-2/h12-13H,1,6-11H2,2-5H3;3H2,1-2H3. The van der Waals surface area contributed by atoms with Crippen molar-refractivity contribution in [3.8, 4) is 5.75 Å². The van der Waals surface area contributed by atoms with Gasteiger partial charge in [0.05, 0.1) is 12.2 Å². The van der Waals surface area contributed by atoms with Crippen LogP contribution in [0.3, 0.4) is 0 Å². The molecule has 1 amide bonds. The van der Waals surface area contributed by atoms with Crippen molar-refractivity contribution >= 4 is 11.8 Å². The van der Waals surface area contributed by atoms with Crippen LogP contribution in [0, 0.1) is 0 Å². The molecule has 0 spiro atoms. The third-order valence-corrected chi connectivity index (χ3v) is 4.56. The van der Waals surface area contributed by atoms with Crippen LogP contribution < -0.4 is 9.64 Å². The van der Waals surface area contributed by atoms with Gasteiger partial charge in [-0.25, -0.2) is 4.79 Å². The summed E-state index contributed by atoms with van der Waals surface area (Å²) in [5.74, 6) is 0.915. The lowest BCUT2D eigenvalue weighted by Gasteiger charge is -2.32. The average Bonchev–Trinajstić information content (AvgIpc) is 2.80. The highest BCUT2D eigenvalue weighted by atomic mass is 16.6. The van der Waals surface area contributed by atoms with E-state index in [2.05, 4.69) is 37.5 Å². The molecule has 0 N–H and O–H groups in total. The summed E-state index contributed by atoms with van der Waals surface area (Å²) in [6, 6.07) is 4.34. The molecule has 1 aromatic carbocycles. The van der Waals surface area contributed by atoms with Crippen molar-refractivity contribution in [2.45, 2.75) is 66.4 Å². The lowest BCUT2D eigenvalue weighted by Crippen LogP contribution is -2.38. The lowest BCUT2D eigenvalue weighted by atomic mass is 10.0. The van der Waals surface area contributed by atoms with E-state index in [0.717, 1.165) is 36.5 Å². The molecular weight excluding hydrogens is 352 g/mol. The fourth-order valence-electron chi connectivity index (χ4n) is 3.34. The number of allylic oxidation sites excluding steroid dienone is 1. The SMILES string of the molecule is C=C(C)N1CCOc2cc3c(cc21)CCN(C(=O)OC(C)(C)C)CC3.CCC. The Labute approximate surface area is 170 Å². The number of carbonyl (C=O) groups excluding carboxylic acids is 1. The van der Waals surface area contributed by atoms with Crippen molar-refractivity contribution in [2.75, 3.05) is 31.1 Å². The first-order chi connectivity index (χ1) is 13.2. The molecule has 0 aliphatic carbocycles. The summed E-state index contributed by atoms with van der Waals surface area (Å²) in [7, 11) is 0. The van der Waals surface area contributed by atoms with E-state index in [0.29, 0.717) is 19.7 Å². The summed E-state index contributed by atoms with van der Waals surface area (Å²) < 4.78 is 11.4. The van der Waals surface area contributed by atoms with Gasteiger partial charge in [0.25, 0.3) is 0 Å². The highest BCUT2D eigenvalue weighted by Gasteiger charge is 2.26. The highest BCUT2D eigenvalue weighted by molar-refractivity contribution is 5.69. The molecule has 0 aromatic heterocycles. The smallest absolute Gasteiger partial charge is 0.410 e. The molecule has 2 heterocycles. The number of nitrogens with zero attached hydrogens (tertiary/aromatic N) is 2. The van der Waals surface area contributed by atoms with Gasteiger partial charge in [-0.3, -0.25) is 0 Å². The average molecular weight is 389 g/mol. The van der Waals surface area contributed by atoms with Gasteiger partial charge < -0.3 is 19.3 Å². The van der Waals surface area contributed by atoms with Crippen molar-refractivity contribution in [1.82, 2.24) is 4.90 Å². The third kappa shape index (κ3) is 5.66. The van der Waals surface area contributed by atoms with Crippen LogP contribution in [0.25, 0.3) is 0 Å². The predicted octanol–water partition coefficient (Wildman–Crippen LogP) is 5.17. The Kier molecular flexibility index (Phi) is 7.39. The quantitative estimate of drug-likeness (QED) is 0.665. The number of carbonyl (C=O) groups is 1. The molecule has 28 heavy (non-hydrogen) atoms. The zero-order valence-electron chi connectivity index (χ0n) is 18.4. The van der Waals surface area contributed by atoms with Crippen LogP contribution in [-0.2, 0) is 17.6 Å². The molecule has 0 saturated heterocycles. The fourth-order valence-corrected chi connectivity index (χ4v) is 3.34. The molecular formula is C23H36N2O3. The third-order valence-electron chi connectivity index (χ3n) is 4.56. The second-order valence-electron chi connectivity index (χ2n) is 8.50. The van der Waals surface area contributed by atoms with E-state index in [1.807, 2.05) is 32.6 Å². The van der Waals surface area contributed by atoms with E-state index in [4.69, 9.17) is 9.47 Å².